The molecule has 0 radical (unpaired) electrons. The second-order valence-electron chi connectivity index (χ2n) is 1.57. The molecule has 0 bridgehead atoms. The molecule has 0 unspecified atom stereocenters. The van der Waals surface area contributed by atoms with Gasteiger partial charge in [0.15, 0.2) is 5.03 Å². The Labute approximate surface area is 50.7 Å². The molecule has 0 N–H and O–H groups in total. The van der Waals surface area contributed by atoms with E-state index in [1.807, 2.05) is 0 Å². The fourth-order valence-corrected chi connectivity index (χ4v) is 0.576. The predicted molar refractivity (Wildman–Crippen MR) is 27.6 cm³/mol. The number of carbonyl (C=O) groups is 1. The summed E-state index contributed by atoms with van der Waals surface area (Å²) in [4.78, 5) is 20.3. The number of nitrogens with zero attached hydrogens (tertiary/aromatic N) is 2. The van der Waals surface area contributed by atoms with Crippen molar-refractivity contribution < 1.29 is 9.83 Å². The zero-order valence-electron chi connectivity index (χ0n) is 4.48. The van der Waals surface area contributed by atoms with Gasteiger partial charge in [-0.2, -0.15) is 0 Å². The maximum Gasteiger partial charge on any atom is 0.292 e. The summed E-state index contributed by atoms with van der Waals surface area (Å²) in [6, 6.07) is 0. The van der Waals surface area contributed by atoms with E-state index in [1.54, 1.807) is 0 Å². The fraction of sp³-hybridized carbons (Fsp3) is 0.250. The average molecular weight is 128 g/mol. The molecule has 1 aliphatic rings. The standard InChI is InChI=1S/C4H4N2O3/c7-4-2-1-3-5(4)6(8)9/h1,3H,2H2. The zero-order chi connectivity index (χ0) is 6.85. The van der Waals surface area contributed by atoms with Crippen molar-refractivity contribution in [3.63, 3.8) is 0 Å². The molecule has 0 fully saturated rings. The van der Waals surface area contributed by atoms with Crippen LogP contribution in [0.5, 0.6) is 0 Å². The molecule has 0 aliphatic carbocycles. The molecule has 1 rings (SSSR count). The third-order valence-electron chi connectivity index (χ3n) is 0.971. The summed E-state index contributed by atoms with van der Waals surface area (Å²) in [6.07, 6.45) is 2.74. The summed E-state index contributed by atoms with van der Waals surface area (Å²) in [5.74, 6) is -0.486. The molecule has 0 aromatic heterocycles. The van der Waals surface area contributed by atoms with Crippen molar-refractivity contribution in [3.05, 3.63) is 22.4 Å². The molecular formula is C4H4N2O3. The minimum Gasteiger partial charge on any atom is -0.268 e. The maximum atomic E-state index is 10.4. The lowest BCUT2D eigenvalue weighted by molar-refractivity contribution is -0.618. The van der Waals surface area contributed by atoms with Crippen molar-refractivity contribution in [1.29, 1.82) is 0 Å². The Hall–Kier alpha value is -1.39. The van der Waals surface area contributed by atoms with Crippen molar-refractivity contribution in [2.75, 3.05) is 0 Å². The van der Waals surface area contributed by atoms with E-state index in [0.29, 0.717) is 5.01 Å². The molecule has 1 aliphatic heterocycles. The first kappa shape index (κ1) is 5.74. The summed E-state index contributed by atoms with van der Waals surface area (Å²) in [5.41, 5.74) is 0. The molecule has 0 aromatic rings. The lowest BCUT2D eigenvalue weighted by Gasteiger charge is -1.97. The van der Waals surface area contributed by atoms with Gasteiger partial charge in [-0.1, -0.05) is 6.08 Å². The van der Waals surface area contributed by atoms with E-state index < -0.39 is 10.9 Å². The van der Waals surface area contributed by atoms with Gasteiger partial charge < -0.3 is 0 Å². The quantitative estimate of drug-likeness (QED) is 0.366. The Kier molecular flexibility index (Phi) is 1.18. The van der Waals surface area contributed by atoms with Crippen molar-refractivity contribution in [2.45, 2.75) is 6.42 Å². The highest BCUT2D eigenvalue weighted by molar-refractivity contribution is 5.79. The van der Waals surface area contributed by atoms with Crippen LogP contribution in [-0.2, 0) is 4.79 Å². The monoisotopic (exact) mass is 128 g/mol. The van der Waals surface area contributed by atoms with Gasteiger partial charge in [0.2, 0.25) is 0 Å². The minimum atomic E-state index is -0.744. The van der Waals surface area contributed by atoms with Crippen LogP contribution in [0, 0.1) is 10.1 Å². The molecule has 0 spiro atoms. The number of amides is 1. The van der Waals surface area contributed by atoms with Gasteiger partial charge >= 0.3 is 0 Å². The molecule has 0 aromatic carbocycles. The summed E-state index contributed by atoms with van der Waals surface area (Å²) in [5, 5.41) is 9.60. The highest BCUT2D eigenvalue weighted by atomic mass is 16.7. The number of nitro groups is 1. The molecule has 1 heterocycles. The van der Waals surface area contributed by atoms with Crippen LogP contribution in [0.3, 0.4) is 0 Å². The number of carbonyl (C=O) groups excluding carboxylic acids is 1. The van der Waals surface area contributed by atoms with Crippen LogP contribution < -0.4 is 0 Å². The van der Waals surface area contributed by atoms with E-state index in [-0.39, 0.29) is 6.42 Å². The van der Waals surface area contributed by atoms with Gasteiger partial charge in [-0.15, -0.1) is 0 Å². The Bertz CT molecular complexity index is 186. The molecule has 1 amide bonds. The van der Waals surface area contributed by atoms with Gasteiger partial charge in [0.25, 0.3) is 5.91 Å². The van der Waals surface area contributed by atoms with Gasteiger partial charge in [0, 0.05) is 0 Å². The van der Waals surface area contributed by atoms with E-state index in [2.05, 4.69) is 0 Å². The number of rotatable bonds is 1. The third kappa shape index (κ3) is 0.883. The Morgan fingerprint density at radius 2 is 2.44 bits per heavy atom. The highest BCUT2D eigenvalue weighted by Crippen LogP contribution is 2.04. The zero-order valence-corrected chi connectivity index (χ0v) is 4.48. The van der Waals surface area contributed by atoms with Crippen LogP contribution in [0.2, 0.25) is 0 Å². The van der Waals surface area contributed by atoms with Crippen LogP contribution in [0.15, 0.2) is 12.3 Å². The third-order valence-corrected chi connectivity index (χ3v) is 0.971. The SMILES string of the molecule is O=C1CC=CN1[N+](=O)[O-]. The molecule has 0 atom stereocenters. The van der Waals surface area contributed by atoms with E-state index in [1.165, 1.54) is 6.08 Å². The van der Waals surface area contributed by atoms with Gasteiger partial charge in [-0.25, -0.2) is 10.1 Å². The molecule has 0 saturated heterocycles. The van der Waals surface area contributed by atoms with E-state index in [4.69, 9.17) is 0 Å². The Morgan fingerprint density at radius 1 is 1.78 bits per heavy atom. The summed E-state index contributed by atoms with van der Waals surface area (Å²) in [7, 11) is 0. The normalized spacial score (nSPS) is 16.9. The Balaban J connectivity index is 2.71. The maximum absolute atomic E-state index is 10.4. The van der Waals surface area contributed by atoms with Crippen LogP contribution in [0.4, 0.5) is 0 Å². The molecule has 0 saturated carbocycles. The van der Waals surface area contributed by atoms with Crippen molar-refractivity contribution in [1.82, 2.24) is 5.01 Å². The van der Waals surface area contributed by atoms with Crippen molar-refractivity contribution >= 4 is 5.91 Å². The second-order valence-corrected chi connectivity index (χ2v) is 1.57. The Morgan fingerprint density at radius 3 is 2.67 bits per heavy atom. The van der Waals surface area contributed by atoms with Crippen LogP contribution in [0.1, 0.15) is 6.42 Å². The second kappa shape index (κ2) is 1.85. The predicted octanol–water partition coefficient (Wildman–Crippen LogP) is -0.0759. The summed E-state index contributed by atoms with van der Waals surface area (Å²) >= 11 is 0. The van der Waals surface area contributed by atoms with Crippen LogP contribution in [0.25, 0.3) is 0 Å². The number of hydrogen-bond donors (Lipinski definition) is 0. The molecule has 5 heteroatoms. The van der Waals surface area contributed by atoms with Gasteiger partial charge in [-0.3, -0.25) is 4.79 Å². The fourth-order valence-electron chi connectivity index (χ4n) is 0.576. The summed E-state index contributed by atoms with van der Waals surface area (Å²) < 4.78 is 0. The first-order valence-electron chi connectivity index (χ1n) is 2.35. The topological polar surface area (TPSA) is 63.5 Å². The van der Waals surface area contributed by atoms with Crippen LogP contribution in [-0.4, -0.2) is 15.9 Å². The molecule has 48 valence electrons. The van der Waals surface area contributed by atoms with Gasteiger partial charge in [0.1, 0.15) is 0 Å². The average Bonchev–Trinajstić information content (AvgIpc) is 2.13. The lowest BCUT2D eigenvalue weighted by Crippen LogP contribution is -2.26. The summed E-state index contributed by atoms with van der Waals surface area (Å²) in [6.45, 7) is 0. The first-order valence-corrected chi connectivity index (χ1v) is 2.35. The minimum absolute atomic E-state index is 0.140. The highest BCUT2D eigenvalue weighted by Gasteiger charge is 2.23. The van der Waals surface area contributed by atoms with E-state index >= 15 is 0 Å². The van der Waals surface area contributed by atoms with E-state index in [9.17, 15) is 14.9 Å². The number of hydrazine groups is 1. The number of hydrogen-bond acceptors (Lipinski definition) is 3. The van der Waals surface area contributed by atoms with Crippen molar-refractivity contribution in [2.24, 2.45) is 0 Å². The van der Waals surface area contributed by atoms with Gasteiger partial charge in [0.05, 0.1) is 12.6 Å². The first-order chi connectivity index (χ1) is 4.22. The smallest absolute Gasteiger partial charge is 0.268 e. The molecule has 9 heavy (non-hydrogen) atoms. The largest absolute Gasteiger partial charge is 0.292 e. The lowest BCUT2D eigenvalue weighted by atomic mass is 10.5. The molecular weight excluding hydrogens is 124 g/mol. The van der Waals surface area contributed by atoms with E-state index in [0.717, 1.165) is 6.20 Å². The van der Waals surface area contributed by atoms with Crippen LogP contribution >= 0.6 is 0 Å². The molecule has 5 nitrogen and oxygen atoms in total. The van der Waals surface area contributed by atoms with Crippen molar-refractivity contribution in [3.8, 4) is 0 Å². The van der Waals surface area contributed by atoms with Gasteiger partial charge in [-0.05, 0) is 5.01 Å².